The summed E-state index contributed by atoms with van der Waals surface area (Å²) in [5.74, 6) is 0.0197. The summed E-state index contributed by atoms with van der Waals surface area (Å²) in [4.78, 5) is 0. The first-order chi connectivity index (χ1) is 20.3. The minimum absolute atomic E-state index is 0.00232. The predicted octanol–water partition coefficient (Wildman–Crippen LogP) is 5.11. The maximum atomic E-state index is 10.1. The third-order valence-electron chi connectivity index (χ3n) is 7.92. The second-order valence-corrected chi connectivity index (χ2v) is 11.3. The highest BCUT2D eigenvalue weighted by Gasteiger charge is 2.41. The van der Waals surface area contributed by atoms with Crippen molar-refractivity contribution in [2.24, 2.45) is 7.05 Å². The second kappa shape index (κ2) is 13.9. The Balaban J connectivity index is 1.32. The van der Waals surface area contributed by atoms with Gasteiger partial charge >= 0.3 is 0 Å². The van der Waals surface area contributed by atoms with Crippen LogP contribution in [0.25, 0.3) is 12.2 Å². The summed E-state index contributed by atoms with van der Waals surface area (Å²) in [6.07, 6.45) is 8.20. The van der Waals surface area contributed by atoms with Crippen molar-refractivity contribution >= 4 is 12.2 Å². The van der Waals surface area contributed by atoms with E-state index >= 15 is 0 Å². The number of pyridine rings is 1. The second-order valence-electron chi connectivity index (χ2n) is 11.3. The van der Waals surface area contributed by atoms with Crippen LogP contribution in [0.5, 0.6) is 5.75 Å². The summed E-state index contributed by atoms with van der Waals surface area (Å²) >= 11 is 0. The predicted molar refractivity (Wildman–Crippen MR) is 158 cm³/mol. The maximum absolute atomic E-state index is 10.1. The number of aliphatic hydroxyl groups is 2. The number of nitrogens with zero attached hydrogens (tertiary/aromatic N) is 1. The lowest BCUT2D eigenvalue weighted by Gasteiger charge is -2.44. The molecule has 0 spiro atoms. The molecule has 2 aromatic carbocycles. The van der Waals surface area contributed by atoms with Gasteiger partial charge in [0.15, 0.2) is 25.0 Å². The first-order valence-corrected chi connectivity index (χ1v) is 14.8. The average Bonchev–Trinajstić information content (AvgIpc) is 3.00. The molecule has 42 heavy (non-hydrogen) atoms. The lowest BCUT2D eigenvalue weighted by Crippen LogP contribution is -2.47. The van der Waals surface area contributed by atoms with E-state index < -0.39 is 18.7 Å². The summed E-state index contributed by atoms with van der Waals surface area (Å²) in [5, 5.41) is 29.8. The monoisotopic (exact) mass is 576 g/mol. The van der Waals surface area contributed by atoms with Crippen LogP contribution in [0.15, 0.2) is 67.0 Å². The Morgan fingerprint density at radius 3 is 2.02 bits per heavy atom. The highest BCUT2D eigenvalue weighted by atomic mass is 16.7. The lowest BCUT2D eigenvalue weighted by molar-refractivity contribution is -0.671. The molecule has 2 fully saturated rings. The van der Waals surface area contributed by atoms with Crippen LogP contribution >= 0.6 is 0 Å². The van der Waals surface area contributed by atoms with E-state index in [4.69, 9.17) is 18.9 Å². The van der Waals surface area contributed by atoms with Crippen LogP contribution in [0.2, 0.25) is 0 Å². The van der Waals surface area contributed by atoms with Gasteiger partial charge in [-0.2, -0.15) is 0 Å². The molecule has 2 saturated heterocycles. The molecule has 8 nitrogen and oxygen atoms in total. The Labute approximate surface area is 247 Å². The number of aromatic nitrogens is 1. The van der Waals surface area contributed by atoms with Gasteiger partial charge in [-0.15, -0.1) is 0 Å². The number of aromatic hydroxyl groups is 1. The highest BCUT2D eigenvalue weighted by Crippen LogP contribution is 2.40. The van der Waals surface area contributed by atoms with Crippen LogP contribution in [0.4, 0.5) is 0 Å². The molecule has 0 amide bonds. The molecular weight excluding hydrogens is 534 g/mol. The summed E-state index contributed by atoms with van der Waals surface area (Å²) in [6, 6.07) is 17.3. The molecule has 0 saturated carbocycles. The first-order valence-electron chi connectivity index (χ1n) is 14.8. The van der Waals surface area contributed by atoms with Gasteiger partial charge in [-0.1, -0.05) is 49.4 Å². The first kappa shape index (κ1) is 30.4. The molecule has 1 aromatic heterocycles. The van der Waals surface area contributed by atoms with Gasteiger partial charge in [0.05, 0.1) is 37.1 Å². The molecule has 8 heteroatoms. The van der Waals surface area contributed by atoms with Crippen molar-refractivity contribution in [3.63, 3.8) is 0 Å². The molecule has 5 rings (SSSR count). The fourth-order valence-electron chi connectivity index (χ4n) is 5.52. The molecule has 224 valence electrons. The largest absolute Gasteiger partial charge is 0.508 e. The lowest BCUT2D eigenvalue weighted by atomic mass is 9.95. The zero-order chi connectivity index (χ0) is 29.6. The van der Waals surface area contributed by atoms with Crippen LogP contribution in [-0.2, 0) is 32.6 Å². The minimum atomic E-state index is -0.721. The molecule has 3 aromatic rings. The molecule has 2 aliphatic rings. The van der Waals surface area contributed by atoms with Gasteiger partial charge in [0.25, 0.3) is 0 Å². The number of phenols is 1. The summed E-state index contributed by atoms with van der Waals surface area (Å²) < 4.78 is 27.6. The van der Waals surface area contributed by atoms with Gasteiger partial charge in [-0.05, 0) is 43.0 Å². The number of benzene rings is 2. The fourth-order valence-corrected chi connectivity index (χ4v) is 5.52. The molecule has 0 aliphatic carbocycles. The third kappa shape index (κ3) is 7.64. The summed E-state index contributed by atoms with van der Waals surface area (Å²) in [6.45, 7) is 3.56. The molecule has 7 atom stereocenters. The summed E-state index contributed by atoms with van der Waals surface area (Å²) in [5.41, 5.74) is 4.25. The average molecular weight is 577 g/mol. The number of aryl methyl sites for hydroxylation is 1. The molecule has 7 unspecified atom stereocenters. The molecule has 0 bridgehead atoms. The van der Waals surface area contributed by atoms with E-state index in [2.05, 4.69) is 43.3 Å². The topological polar surface area (TPSA) is 101 Å². The molecule has 0 radical (unpaired) electrons. The van der Waals surface area contributed by atoms with Crippen LogP contribution < -0.4 is 4.57 Å². The van der Waals surface area contributed by atoms with E-state index in [1.54, 1.807) is 19.1 Å². The maximum Gasteiger partial charge on any atom is 0.184 e. The zero-order valence-electron chi connectivity index (χ0n) is 24.5. The highest BCUT2D eigenvalue weighted by molar-refractivity contribution is 5.69. The van der Waals surface area contributed by atoms with Crippen molar-refractivity contribution in [3.8, 4) is 5.75 Å². The summed E-state index contributed by atoms with van der Waals surface area (Å²) in [7, 11) is 2.00. The third-order valence-corrected chi connectivity index (χ3v) is 7.92. The van der Waals surface area contributed by atoms with Crippen LogP contribution in [0, 0.1) is 0 Å². The van der Waals surface area contributed by atoms with Crippen molar-refractivity contribution in [2.75, 3.05) is 0 Å². The molecule has 2 aliphatic heterocycles. The molecular formula is C34H42NO7+. The minimum Gasteiger partial charge on any atom is -0.508 e. The number of hydrogen-bond donors (Lipinski definition) is 3. The van der Waals surface area contributed by atoms with Crippen molar-refractivity contribution < 1.29 is 38.8 Å². The van der Waals surface area contributed by atoms with Gasteiger partial charge in [0.1, 0.15) is 12.8 Å². The number of aliphatic hydroxyl groups excluding tert-OH is 2. The number of rotatable bonds is 9. The van der Waals surface area contributed by atoms with E-state index in [0.717, 1.165) is 23.1 Å². The normalized spacial score (nSPS) is 27.3. The van der Waals surface area contributed by atoms with Crippen molar-refractivity contribution in [2.45, 2.75) is 89.2 Å². The van der Waals surface area contributed by atoms with Crippen LogP contribution in [0.3, 0.4) is 0 Å². The van der Waals surface area contributed by atoms with Gasteiger partial charge < -0.3 is 34.3 Å². The standard InChI is InChI=1S/C34H41NO7/c1-4-28-19-31(32-20-29(17-22(2)37)40-34(42-32)26-11-12-30(38)27(18-26)21-36)41-33(39-28)25-9-7-23(8-10-25)5-6-24-13-15-35(3)16-14-24/h5-16,18,22,28-29,31-34,36-37H,4,17,19-21H2,1-3H3/p+1/b6-5+. The Morgan fingerprint density at radius 2 is 1.40 bits per heavy atom. The Kier molecular flexibility index (Phi) is 10.1. The van der Waals surface area contributed by atoms with Crippen molar-refractivity contribution in [1.29, 1.82) is 0 Å². The van der Waals surface area contributed by atoms with E-state index in [0.29, 0.717) is 30.4 Å². The molecule has 3 heterocycles. The van der Waals surface area contributed by atoms with Gasteiger partial charge in [0, 0.05) is 41.7 Å². The quantitative estimate of drug-likeness (QED) is 0.305. The Morgan fingerprint density at radius 1 is 0.833 bits per heavy atom. The number of hydrogen-bond acceptors (Lipinski definition) is 7. The smallest absolute Gasteiger partial charge is 0.184 e. The van der Waals surface area contributed by atoms with Gasteiger partial charge in [-0.25, -0.2) is 4.57 Å². The van der Waals surface area contributed by atoms with Crippen molar-refractivity contribution in [1.82, 2.24) is 0 Å². The Bertz CT molecular complexity index is 1320. The fraction of sp³-hybridized carbons (Fsp3) is 0.441. The van der Waals surface area contributed by atoms with Crippen LogP contribution in [0.1, 0.15) is 79.9 Å². The zero-order valence-corrected chi connectivity index (χ0v) is 24.5. The van der Waals surface area contributed by atoms with E-state index in [1.807, 2.05) is 36.1 Å². The van der Waals surface area contributed by atoms with E-state index in [-0.39, 0.29) is 36.8 Å². The Hall–Kier alpha value is -3.11. The van der Waals surface area contributed by atoms with Gasteiger partial charge in [-0.3, -0.25) is 0 Å². The van der Waals surface area contributed by atoms with Crippen LogP contribution in [-0.4, -0.2) is 45.8 Å². The number of ether oxygens (including phenoxy) is 4. The SMILES string of the molecule is CCC1CC(C2CC(CC(C)O)OC(c3ccc(O)c(CO)c3)O2)OC(c2ccc(/C=C/c3cc[n+](C)cc3)cc2)O1. The van der Waals surface area contributed by atoms with Crippen molar-refractivity contribution in [3.05, 3.63) is 94.8 Å². The molecule has 3 N–H and O–H groups in total. The van der Waals surface area contributed by atoms with Gasteiger partial charge in [0.2, 0.25) is 0 Å². The van der Waals surface area contributed by atoms with E-state index in [9.17, 15) is 15.3 Å². The van der Waals surface area contributed by atoms with E-state index in [1.165, 1.54) is 6.07 Å².